The third-order valence-electron chi connectivity index (χ3n) is 6.78. The fourth-order valence-corrected chi connectivity index (χ4v) is 5.33. The van der Waals surface area contributed by atoms with E-state index in [1.54, 1.807) is 14.2 Å². The molecule has 4 unspecified atom stereocenters. The molecule has 0 spiro atoms. The number of likely N-dealkylation sites (tertiary alicyclic amines) is 1. The van der Waals surface area contributed by atoms with Gasteiger partial charge < -0.3 is 14.6 Å². The second kappa shape index (κ2) is 8.18. The summed E-state index contributed by atoms with van der Waals surface area (Å²) in [6.45, 7) is 5.48. The van der Waals surface area contributed by atoms with Crippen LogP contribution in [0.5, 0.6) is 11.5 Å². The molecule has 2 fully saturated rings. The van der Waals surface area contributed by atoms with Crippen LogP contribution in [-0.2, 0) is 6.42 Å². The minimum absolute atomic E-state index is 0.430. The minimum Gasteiger partial charge on any atom is -0.493 e. The van der Waals surface area contributed by atoms with E-state index in [1.165, 1.54) is 31.2 Å². The lowest BCUT2D eigenvalue weighted by atomic mass is 9.66. The maximum atomic E-state index is 11.2. The van der Waals surface area contributed by atoms with Crippen LogP contribution in [0.1, 0.15) is 57.9 Å². The van der Waals surface area contributed by atoms with E-state index in [2.05, 4.69) is 30.9 Å². The molecule has 1 aromatic rings. The number of methoxy groups -OCH3 is 2. The summed E-state index contributed by atoms with van der Waals surface area (Å²) in [5.41, 5.74) is 0.809. The van der Waals surface area contributed by atoms with Crippen LogP contribution in [0, 0.1) is 5.92 Å². The summed E-state index contributed by atoms with van der Waals surface area (Å²) < 4.78 is 10.8. The number of fused-ring (bicyclic) bond motifs is 1. The molecule has 1 aromatic carbocycles. The topological polar surface area (TPSA) is 41.9 Å². The van der Waals surface area contributed by atoms with E-state index in [4.69, 9.17) is 9.47 Å². The molecule has 4 heteroatoms. The van der Waals surface area contributed by atoms with Crippen molar-refractivity contribution in [3.05, 3.63) is 23.8 Å². The number of rotatable bonds is 6. The highest BCUT2D eigenvalue weighted by atomic mass is 16.5. The molecule has 1 saturated heterocycles. The van der Waals surface area contributed by atoms with Gasteiger partial charge in [-0.15, -0.1) is 0 Å². The molecule has 0 radical (unpaired) electrons. The number of ether oxygens (including phenoxy) is 2. The molecule has 1 aliphatic carbocycles. The van der Waals surface area contributed by atoms with E-state index in [1.807, 2.05) is 6.07 Å². The van der Waals surface area contributed by atoms with Crippen molar-refractivity contribution in [3.63, 3.8) is 0 Å². The van der Waals surface area contributed by atoms with E-state index in [0.717, 1.165) is 37.3 Å². The predicted molar refractivity (Wildman–Crippen MR) is 105 cm³/mol. The van der Waals surface area contributed by atoms with Gasteiger partial charge in [0.2, 0.25) is 0 Å². The fourth-order valence-electron chi connectivity index (χ4n) is 5.33. The molecule has 1 N–H and O–H groups in total. The van der Waals surface area contributed by atoms with Gasteiger partial charge in [0, 0.05) is 24.5 Å². The number of nitrogens with zero attached hydrogens (tertiary/aromatic N) is 1. The summed E-state index contributed by atoms with van der Waals surface area (Å²) in [6, 6.07) is 7.18. The van der Waals surface area contributed by atoms with Gasteiger partial charge in [-0.05, 0) is 56.7 Å². The summed E-state index contributed by atoms with van der Waals surface area (Å²) in [5, 5.41) is 11.2. The van der Waals surface area contributed by atoms with E-state index < -0.39 is 5.60 Å². The van der Waals surface area contributed by atoms with E-state index in [-0.39, 0.29) is 0 Å². The van der Waals surface area contributed by atoms with E-state index in [0.29, 0.717) is 18.0 Å². The highest BCUT2D eigenvalue weighted by Crippen LogP contribution is 2.45. The van der Waals surface area contributed by atoms with Gasteiger partial charge in [0.1, 0.15) is 0 Å². The van der Waals surface area contributed by atoms with Gasteiger partial charge in [0.25, 0.3) is 0 Å². The second-order valence-corrected chi connectivity index (χ2v) is 8.15. The largest absolute Gasteiger partial charge is 0.493 e. The van der Waals surface area contributed by atoms with Crippen molar-refractivity contribution in [2.75, 3.05) is 20.8 Å². The van der Waals surface area contributed by atoms with Gasteiger partial charge in [-0.3, -0.25) is 4.90 Å². The number of hydrogen-bond donors (Lipinski definition) is 1. The van der Waals surface area contributed by atoms with Crippen molar-refractivity contribution in [1.82, 2.24) is 4.90 Å². The zero-order chi connectivity index (χ0) is 18.7. The number of hydrogen-bond acceptors (Lipinski definition) is 4. The Morgan fingerprint density at radius 3 is 2.58 bits per heavy atom. The molecule has 26 heavy (non-hydrogen) atoms. The molecule has 4 atom stereocenters. The summed E-state index contributed by atoms with van der Waals surface area (Å²) >= 11 is 0. The third kappa shape index (κ3) is 3.72. The van der Waals surface area contributed by atoms with Gasteiger partial charge in [0.05, 0.1) is 19.8 Å². The second-order valence-electron chi connectivity index (χ2n) is 8.15. The molecule has 146 valence electrons. The standard InChI is InChI=1S/C22H35NO3/c1-5-22(24)15-16(2)23(19-9-7-6-8-18(19)22)13-12-17-10-11-20(25-3)21(14-17)26-4/h10-11,14,16,18-19,24H,5-9,12-13,15H2,1-4H3. The van der Waals surface area contributed by atoms with Crippen molar-refractivity contribution in [3.8, 4) is 11.5 Å². The Kier molecular flexibility index (Phi) is 6.13. The van der Waals surface area contributed by atoms with E-state index >= 15 is 0 Å². The molecule has 1 heterocycles. The number of piperidine rings is 1. The number of benzene rings is 1. The Labute approximate surface area is 158 Å². The average molecular weight is 362 g/mol. The van der Waals surface area contributed by atoms with Gasteiger partial charge in [-0.1, -0.05) is 25.8 Å². The Morgan fingerprint density at radius 2 is 1.88 bits per heavy atom. The molecular formula is C22H35NO3. The Morgan fingerprint density at radius 1 is 1.15 bits per heavy atom. The molecule has 0 aromatic heterocycles. The highest BCUT2D eigenvalue weighted by molar-refractivity contribution is 5.43. The Hall–Kier alpha value is -1.26. The van der Waals surface area contributed by atoms with Crippen LogP contribution in [-0.4, -0.2) is 48.5 Å². The van der Waals surface area contributed by atoms with Crippen molar-refractivity contribution in [2.45, 2.75) is 76.5 Å². The molecular weight excluding hydrogens is 326 g/mol. The molecule has 3 rings (SSSR count). The van der Waals surface area contributed by atoms with Crippen LogP contribution in [0.4, 0.5) is 0 Å². The maximum absolute atomic E-state index is 11.2. The van der Waals surface area contributed by atoms with Crippen LogP contribution < -0.4 is 9.47 Å². The first-order valence-electron chi connectivity index (χ1n) is 10.2. The lowest BCUT2D eigenvalue weighted by Crippen LogP contribution is -2.62. The van der Waals surface area contributed by atoms with Crippen molar-refractivity contribution in [2.24, 2.45) is 5.92 Å². The van der Waals surface area contributed by atoms with Gasteiger partial charge in [0.15, 0.2) is 11.5 Å². The first kappa shape index (κ1) is 19.5. The van der Waals surface area contributed by atoms with Crippen molar-refractivity contribution < 1.29 is 14.6 Å². The minimum atomic E-state index is -0.468. The summed E-state index contributed by atoms with van der Waals surface area (Å²) in [6.07, 6.45) is 7.73. The molecule has 0 bridgehead atoms. The molecule has 2 aliphatic rings. The quantitative estimate of drug-likeness (QED) is 0.830. The molecule has 0 amide bonds. The monoisotopic (exact) mass is 361 g/mol. The lowest BCUT2D eigenvalue weighted by molar-refractivity contribution is -0.135. The van der Waals surface area contributed by atoms with Crippen LogP contribution in [0.3, 0.4) is 0 Å². The van der Waals surface area contributed by atoms with Crippen LogP contribution in [0.15, 0.2) is 18.2 Å². The molecule has 1 aliphatic heterocycles. The Bertz CT molecular complexity index is 605. The zero-order valence-corrected chi connectivity index (χ0v) is 16.8. The highest BCUT2D eigenvalue weighted by Gasteiger charge is 2.49. The summed E-state index contributed by atoms with van der Waals surface area (Å²) in [5.74, 6) is 2.01. The van der Waals surface area contributed by atoms with Crippen LogP contribution in [0.25, 0.3) is 0 Å². The van der Waals surface area contributed by atoms with Gasteiger partial charge in [-0.25, -0.2) is 0 Å². The smallest absolute Gasteiger partial charge is 0.160 e. The van der Waals surface area contributed by atoms with E-state index in [9.17, 15) is 5.11 Å². The predicted octanol–water partition coefficient (Wildman–Crippen LogP) is 4.04. The molecule has 1 saturated carbocycles. The van der Waals surface area contributed by atoms with Crippen molar-refractivity contribution in [1.29, 1.82) is 0 Å². The van der Waals surface area contributed by atoms with Gasteiger partial charge in [-0.2, -0.15) is 0 Å². The fraction of sp³-hybridized carbons (Fsp3) is 0.727. The Balaban J connectivity index is 1.72. The van der Waals surface area contributed by atoms with Crippen molar-refractivity contribution >= 4 is 0 Å². The SMILES string of the molecule is CCC1(O)CC(C)N(CCc2ccc(OC)c(OC)c2)C2CCCCC21. The third-order valence-corrected chi connectivity index (χ3v) is 6.78. The zero-order valence-electron chi connectivity index (χ0n) is 16.8. The maximum Gasteiger partial charge on any atom is 0.160 e. The van der Waals surface area contributed by atoms with Crippen LogP contribution >= 0.6 is 0 Å². The summed E-state index contributed by atoms with van der Waals surface area (Å²) in [7, 11) is 3.36. The van der Waals surface area contributed by atoms with Crippen LogP contribution in [0.2, 0.25) is 0 Å². The first-order valence-corrected chi connectivity index (χ1v) is 10.2. The lowest BCUT2D eigenvalue weighted by Gasteiger charge is -2.55. The van der Waals surface area contributed by atoms with Gasteiger partial charge >= 0.3 is 0 Å². The normalized spacial score (nSPS) is 32.1. The summed E-state index contributed by atoms with van der Waals surface area (Å²) in [4.78, 5) is 2.67. The first-order chi connectivity index (χ1) is 12.5. The number of aliphatic hydroxyl groups is 1. The average Bonchev–Trinajstić information content (AvgIpc) is 2.67. The molecule has 4 nitrogen and oxygen atoms in total.